The summed E-state index contributed by atoms with van der Waals surface area (Å²) in [5.41, 5.74) is 7.61. The van der Waals surface area contributed by atoms with Crippen LogP contribution in [0, 0.1) is 0 Å². The van der Waals surface area contributed by atoms with Crippen molar-refractivity contribution in [3.05, 3.63) is 152 Å². The topological polar surface area (TPSA) is 16.4 Å². The number of hydrogen-bond donors (Lipinski definition) is 0. The van der Waals surface area contributed by atoms with E-state index in [1.165, 1.54) is 51.5 Å². The van der Waals surface area contributed by atoms with Crippen molar-refractivity contribution in [2.24, 2.45) is 0 Å². The van der Waals surface area contributed by atoms with Gasteiger partial charge in [-0.15, -0.1) is 22.7 Å². The molecule has 3 aromatic heterocycles. The fraction of sp³-hybridized carbons (Fsp3) is 0. The van der Waals surface area contributed by atoms with Crippen LogP contribution in [0.4, 0.5) is 17.1 Å². The molecule has 2 nitrogen and oxygen atoms in total. The minimum Gasteiger partial charge on any atom is -0.456 e. The van der Waals surface area contributed by atoms with Crippen LogP contribution in [0.5, 0.6) is 0 Å². The molecule has 7 aromatic carbocycles. The molecule has 0 atom stereocenters. The normalized spacial score (nSPS) is 11.9. The number of rotatable bonds is 4. The zero-order valence-corrected chi connectivity index (χ0v) is 26.2. The van der Waals surface area contributed by atoms with Crippen LogP contribution in [0.3, 0.4) is 0 Å². The number of anilines is 3. The van der Waals surface area contributed by atoms with E-state index in [1.54, 1.807) is 0 Å². The molecule has 0 N–H and O–H groups in total. The number of nitrogens with zero attached hydrogens (tertiary/aromatic N) is 1. The third kappa shape index (κ3) is 4.01. The molecule has 10 aromatic rings. The molecule has 0 aliphatic heterocycles. The van der Waals surface area contributed by atoms with Crippen molar-refractivity contribution in [1.82, 2.24) is 0 Å². The zero-order valence-electron chi connectivity index (χ0n) is 24.6. The Morgan fingerprint density at radius 1 is 0.348 bits per heavy atom. The zero-order chi connectivity index (χ0) is 30.2. The first kappa shape index (κ1) is 25.9. The Kier molecular flexibility index (Phi) is 5.65. The van der Waals surface area contributed by atoms with E-state index >= 15 is 0 Å². The van der Waals surface area contributed by atoms with Gasteiger partial charge in [0.15, 0.2) is 0 Å². The molecular weight excluding hydrogens is 599 g/mol. The van der Waals surface area contributed by atoms with E-state index in [1.807, 2.05) is 34.8 Å². The quantitative estimate of drug-likeness (QED) is 0.194. The van der Waals surface area contributed by atoms with Crippen molar-refractivity contribution >= 4 is 102 Å². The minimum absolute atomic E-state index is 0.917. The molecule has 0 radical (unpaired) electrons. The lowest BCUT2D eigenvalue weighted by Gasteiger charge is -2.26. The average Bonchev–Trinajstić information content (AvgIpc) is 3.79. The van der Waals surface area contributed by atoms with E-state index in [2.05, 4.69) is 144 Å². The molecule has 3 heterocycles. The fourth-order valence-corrected chi connectivity index (χ4v) is 9.03. The van der Waals surface area contributed by atoms with Gasteiger partial charge >= 0.3 is 0 Å². The van der Waals surface area contributed by atoms with Gasteiger partial charge in [-0.3, -0.25) is 0 Å². The molecule has 0 spiro atoms. The summed E-state index contributed by atoms with van der Waals surface area (Å²) in [4.78, 5) is 2.40. The van der Waals surface area contributed by atoms with Crippen LogP contribution < -0.4 is 4.90 Å². The summed E-state index contributed by atoms with van der Waals surface area (Å²) in [7, 11) is 0. The Bertz CT molecular complexity index is 2650. The predicted octanol–water partition coefficient (Wildman–Crippen LogP) is 13.5. The molecule has 0 aliphatic carbocycles. The molecule has 0 unspecified atom stereocenters. The van der Waals surface area contributed by atoms with Gasteiger partial charge in [-0.2, -0.15) is 0 Å². The van der Waals surface area contributed by atoms with E-state index in [0.29, 0.717) is 0 Å². The Balaban J connectivity index is 1.13. The van der Waals surface area contributed by atoms with Crippen molar-refractivity contribution < 1.29 is 4.42 Å². The van der Waals surface area contributed by atoms with Crippen LogP contribution in [-0.2, 0) is 0 Å². The summed E-state index contributed by atoms with van der Waals surface area (Å²) in [5, 5.41) is 7.49. The summed E-state index contributed by atoms with van der Waals surface area (Å²) in [6.07, 6.45) is 0. The highest BCUT2D eigenvalue weighted by atomic mass is 32.1. The van der Waals surface area contributed by atoms with E-state index in [-0.39, 0.29) is 0 Å². The van der Waals surface area contributed by atoms with E-state index < -0.39 is 0 Å². The predicted molar refractivity (Wildman–Crippen MR) is 200 cm³/mol. The molecule has 0 fully saturated rings. The summed E-state index contributed by atoms with van der Waals surface area (Å²) in [6, 6.07) is 55.0. The van der Waals surface area contributed by atoms with Gasteiger partial charge in [0.05, 0.1) is 0 Å². The Morgan fingerprint density at radius 2 is 0.848 bits per heavy atom. The van der Waals surface area contributed by atoms with Gasteiger partial charge in [-0.05, 0) is 90.0 Å². The number of fused-ring (bicyclic) bond motifs is 9. The Morgan fingerprint density at radius 3 is 1.50 bits per heavy atom. The van der Waals surface area contributed by atoms with Crippen LogP contribution in [-0.4, -0.2) is 0 Å². The highest BCUT2D eigenvalue weighted by Gasteiger charge is 2.17. The molecule has 0 saturated heterocycles. The highest BCUT2D eigenvalue weighted by molar-refractivity contribution is 7.26. The largest absolute Gasteiger partial charge is 0.456 e. The smallest absolute Gasteiger partial charge is 0.135 e. The molecule has 4 heteroatoms. The number of benzene rings is 7. The highest BCUT2D eigenvalue weighted by Crippen LogP contribution is 2.43. The molecular formula is C42H25NOS2. The summed E-state index contributed by atoms with van der Waals surface area (Å²) >= 11 is 3.71. The molecule has 0 saturated carbocycles. The van der Waals surface area contributed by atoms with E-state index in [0.717, 1.165) is 39.0 Å². The average molecular weight is 624 g/mol. The Labute approximate surface area is 273 Å². The van der Waals surface area contributed by atoms with Crippen molar-refractivity contribution in [2.45, 2.75) is 0 Å². The van der Waals surface area contributed by atoms with Crippen molar-refractivity contribution in [2.75, 3.05) is 4.90 Å². The number of thiophene rings is 2. The summed E-state index contributed by atoms with van der Waals surface area (Å²) < 4.78 is 11.3. The van der Waals surface area contributed by atoms with E-state index in [4.69, 9.17) is 4.42 Å². The van der Waals surface area contributed by atoms with Gasteiger partial charge in [0.25, 0.3) is 0 Å². The van der Waals surface area contributed by atoms with E-state index in [9.17, 15) is 0 Å². The van der Waals surface area contributed by atoms with Crippen molar-refractivity contribution in [1.29, 1.82) is 0 Å². The minimum atomic E-state index is 0.917. The van der Waals surface area contributed by atoms with Gasteiger partial charge in [0.1, 0.15) is 11.2 Å². The van der Waals surface area contributed by atoms with Gasteiger partial charge in [0.2, 0.25) is 0 Å². The number of para-hydroxylation sites is 1. The summed E-state index contributed by atoms with van der Waals surface area (Å²) in [5.74, 6) is 0. The SMILES string of the molecule is c1ccc2c(c1)oc1ccc(-c3ccc(N(c4ccc5sc6ccccc6c5c4)c4ccc5sc6ccccc6c5c4)cc3)cc12. The van der Waals surface area contributed by atoms with Crippen LogP contribution in [0.15, 0.2) is 156 Å². The maximum Gasteiger partial charge on any atom is 0.135 e. The van der Waals surface area contributed by atoms with Crippen LogP contribution >= 0.6 is 22.7 Å². The number of hydrogen-bond acceptors (Lipinski definition) is 4. The van der Waals surface area contributed by atoms with Crippen LogP contribution in [0.2, 0.25) is 0 Å². The molecule has 46 heavy (non-hydrogen) atoms. The van der Waals surface area contributed by atoms with Crippen LogP contribution in [0.25, 0.3) is 73.4 Å². The Hall–Kier alpha value is -5.42. The second kappa shape index (κ2) is 10.0. The first-order valence-electron chi connectivity index (χ1n) is 15.4. The first-order valence-corrected chi connectivity index (χ1v) is 17.0. The van der Waals surface area contributed by atoms with Gasteiger partial charge < -0.3 is 9.32 Å². The van der Waals surface area contributed by atoms with Gasteiger partial charge in [-0.1, -0.05) is 72.8 Å². The van der Waals surface area contributed by atoms with Crippen molar-refractivity contribution in [3.8, 4) is 11.1 Å². The second-order valence-electron chi connectivity index (χ2n) is 11.7. The molecule has 216 valence electrons. The second-order valence-corrected chi connectivity index (χ2v) is 13.9. The standard InChI is InChI=1S/C42H25NOS2/c1-4-10-37-31(7-1)34-23-27(15-20-38(34)44-37)26-13-16-28(17-14-26)43(29-18-21-41-35(24-29)32-8-2-5-11-39(32)45-41)30-19-22-42-36(25-30)33-9-3-6-12-40(33)46-42/h1-25H. The molecule has 10 rings (SSSR count). The number of furan rings is 1. The maximum atomic E-state index is 6.09. The third-order valence-electron chi connectivity index (χ3n) is 9.07. The van der Waals surface area contributed by atoms with Gasteiger partial charge in [-0.25, -0.2) is 0 Å². The lowest BCUT2D eigenvalue weighted by atomic mass is 10.0. The van der Waals surface area contributed by atoms with Gasteiger partial charge in [0, 0.05) is 68.2 Å². The molecule has 0 amide bonds. The third-order valence-corrected chi connectivity index (χ3v) is 11.4. The van der Waals surface area contributed by atoms with Crippen molar-refractivity contribution in [3.63, 3.8) is 0 Å². The molecule has 0 aliphatic rings. The van der Waals surface area contributed by atoms with Crippen LogP contribution in [0.1, 0.15) is 0 Å². The summed E-state index contributed by atoms with van der Waals surface area (Å²) in [6.45, 7) is 0. The lowest BCUT2D eigenvalue weighted by Crippen LogP contribution is -2.09. The lowest BCUT2D eigenvalue weighted by molar-refractivity contribution is 0.669. The first-order chi connectivity index (χ1) is 22.8. The molecule has 0 bridgehead atoms. The monoisotopic (exact) mass is 623 g/mol. The fourth-order valence-electron chi connectivity index (χ4n) is 6.86. The maximum absolute atomic E-state index is 6.09.